The zero-order valence-electron chi connectivity index (χ0n) is 7.19. The third kappa shape index (κ3) is 8.44. The van der Waals surface area contributed by atoms with Crippen molar-refractivity contribution in [3.8, 4) is 0 Å². The summed E-state index contributed by atoms with van der Waals surface area (Å²) in [5.74, 6) is 1.97. The van der Waals surface area contributed by atoms with Crippen LogP contribution >= 0.6 is 27.7 Å². The molecular formula is C8H16BrNS. The van der Waals surface area contributed by atoms with Crippen molar-refractivity contribution in [1.29, 1.82) is 0 Å². The van der Waals surface area contributed by atoms with Crippen LogP contribution in [0.5, 0.6) is 0 Å². The average molecular weight is 238 g/mol. The minimum atomic E-state index is 0.747. The van der Waals surface area contributed by atoms with Crippen LogP contribution in [0.15, 0.2) is 11.1 Å². The number of nitrogens with one attached hydrogen (secondary N) is 1. The van der Waals surface area contributed by atoms with E-state index in [1.54, 1.807) is 0 Å². The van der Waals surface area contributed by atoms with Gasteiger partial charge in [0.05, 0.1) is 0 Å². The van der Waals surface area contributed by atoms with Gasteiger partial charge in [-0.25, -0.2) is 0 Å². The fourth-order valence-corrected chi connectivity index (χ4v) is 1.68. The van der Waals surface area contributed by atoms with E-state index in [-0.39, 0.29) is 0 Å². The first-order valence-electron chi connectivity index (χ1n) is 3.69. The molecule has 0 aliphatic carbocycles. The Bertz CT molecular complexity index is 117. The molecule has 1 unspecified atom stereocenters. The van der Waals surface area contributed by atoms with Crippen LogP contribution in [-0.2, 0) is 0 Å². The molecule has 0 rings (SSSR count). The Hall–Kier alpha value is 0.530. The average Bonchev–Trinajstić information content (AvgIpc) is 1.87. The second-order valence-electron chi connectivity index (χ2n) is 2.71. The van der Waals surface area contributed by atoms with Crippen molar-refractivity contribution in [2.24, 2.45) is 5.92 Å². The molecule has 0 radical (unpaired) electrons. The summed E-state index contributed by atoms with van der Waals surface area (Å²) in [7, 11) is 0. The van der Waals surface area contributed by atoms with Crippen molar-refractivity contribution in [3.63, 3.8) is 0 Å². The lowest BCUT2D eigenvalue weighted by atomic mass is 10.2. The van der Waals surface area contributed by atoms with Crippen molar-refractivity contribution in [2.45, 2.75) is 6.92 Å². The molecule has 0 spiro atoms. The van der Waals surface area contributed by atoms with E-state index in [2.05, 4.69) is 41.0 Å². The molecule has 1 atom stereocenters. The fourth-order valence-electron chi connectivity index (χ4n) is 0.798. The summed E-state index contributed by atoms with van der Waals surface area (Å²) < 4.78 is 1.02. The predicted octanol–water partition coefficient (Wildman–Crippen LogP) is 2.48. The van der Waals surface area contributed by atoms with Gasteiger partial charge in [0.2, 0.25) is 0 Å². The standard InChI is InChI=1S/C8H16BrNS/c1-7(6-11-3)4-10-5-8(2)9/h7,10H,2,4-6H2,1,3H3. The van der Waals surface area contributed by atoms with Gasteiger partial charge in [-0.2, -0.15) is 11.8 Å². The summed E-state index contributed by atoms with van der Waals surface area (Å²) >= 11 is 5.20. The monoisotopic (exact) mass is 237 g/mol. The molecule has 0 fully saturated rings. The fraction of sp³-hybridized carbons (Fsp3) is 0.750. The number of thioether (sulfide) groups is 1. The largest absolute Gasteiger partial charge is 0.312 e. The molecule has 1 nitrogen and oxygen atoms in total. The van der Waals surface area contributed by atoms with E-state index >= 15 is 0 Å². The normalized spacial score (nSPS) is 13.0. The van der Waals surface area contributed by atoms with Gasteiger partial charge in [-0.15, -0.1) is 0 Å². The van der Waals surface area contributed by atoms with E-state index in [0.29, 0.717) is 0 Å². The summed E-state index contributed by atoms with van der Waals surface area (Å²) in [5.41, 5.74) is 0. The lowest BCUT2D eigenvalue weighted by molar-refractivity contribution is 0.584. The maximum atomic E-state index is 3.75. The highest BCUT2D eigenvalue weighted by molar-refractivity contribution is 9.11. The third-order valence-electron chi connectivity index (χ3n) is 1.26. The van der Waals surface area contributed by atoms with E-state index < -0.39 is 0 Å². The van der Waals surface area contributed by atoms with E-state index in [9.17, 15) is 0 Å². The Morgan fingerprint density at radius 2 is 2.36 bits per heavy atom. The van der Waals surface area contributed by atoms with Crippen LogP contribution in [0.1, 0.15) is 6.92 Å². The maximum Gasteiger partial charge on any atom is 0.0265 e. The van der Waals surface area contributed by atoms with Crippen LogP contribution in [0, 0.1) is 5.92 Å². The SMILES string of the molecule is C=C(Br)CNCC(C)CSC. The maximum absolute atomic E-state index is 3.75. The first-order chi connectivity index (χ1) is 5.16. The highest BCUT2D eigenvalue weighted by Crippen LogP contribution is 2.03. The molecule has 0 aliphatic rings. The number of hydrogen-bond donors (Lipinski definition) is 1. The Morgan fingerprint density at radius 3 is 2.82 bits per heavy atom. The van der Waals surface area contributed by atoms with Gasteiger partial charge in [-0.05, 0) is 24.5 Å². The molecule has 0 aliphatic heterocycles. The Balaban J connectivity index is 3.16. The third-order valence-corrected chi connectivity index (χ3v) is 2.44. The highest BCUT2D eigenvalue weighted by Gasteiger charge is 1.98. The summed E-state index contributed by atoms with van der Waals surface area (Å²) in [4.78, 5) is 0. The summed E-state index contributed by atoms with van der Waals surface area (Å²) in [6.45, 7) is 7.95. The van der Waals surface area contributed by atoms with E-state index in [1.807, 2.05) is 11.8 Å². The minimum absolute atomic E-state index is 0.747. The van der Waals surface area contributed by atoms with Crippen LogP contribution in [-0.4, -0.2) is 25.1 Å². The number of halogens is 1. The Kier molecular flexibility index (Phi) is 7.54. The minimum Gasteiger partial charge on any atom is -0.312 e. The van der Waals surface area contributed by atoms with E-state index in [4.69, 9.17) is 0 Å². The van der Waals surface area contributed by atoms with Crippen molar-refractivity contribution in [3.05, 3.63) is 11.1 Å². The van der Waals surface area contributed by atoms with Gasteiger partial charge in [-0.3, -0.25) is 0 Å². The quantitative estimate of drug-likeness (QED) is 0.763. The van der Waals surface area contributed by atoms with E-state index in [0.717, 1.165) is 23.5 Å². The van der Waals surface area contributed by atoms with Crippen LogP contribution < -0.4 is 5.32 Å². The summed E-state index contributed by atoms with van der Waals surface area (Å²) in [6, 6.07) is 0. The zero-order chi connectivity index (χ0) is 8.69. The van der Waals surface area contributed by atoms with Gasteiger partial charge in [0, 0.05) is 11.0 Å². The molecule has 0 amide bonds. The molecule has 0 aromatic carbocycles. The Morgan fingerprint density at radius 1 is 1.73 bits per heavy atom. The second-order valence-corrected chi connectivity index (χ2v) is 4.74. The highest BCUT2D eigenvalue weighted by atomic mass is 79.9. The summed E-state index contributed by atoms with van der Waals surface area (Å²) in [6.07, 6.45) is 2.14. The van der Waals surface area contributed by atoms with Gasteiger partial charge in [0.15, 0.2) is 0 Å². The molecule has 1 N–H and O–H groups in total. The lowest BCUT2D eigenvalue weighted by Crippen LogP contribution is -2.23. The summed E-state index contributed by atoms with van der Waals surface area (Å²) in [5, 5.41) is 3.31. The molecule has 0 heterocycles. The van der Waals surface area contributed by atoms with Crippen molar-refractivity contribution >= 4 is 27.7 Å². The molecular weight excluding hydrogens is 222 g/mol. The van der Waals surface area contributed by atoms with Gasteiger partial charge in [0.1, 0.15) is 0 Å². The van der Waals surface area contributed by atoms with Crippen LogP contribution in [0.2, 0.25) is 0 Å². The first kappa shape index (κ1) is 11.5. The van der Waals surface area contributed by atoms with Gasteiger partial charge in [0.25, 0.3) is 0 Å². The molecule has 11 heavy (non-hydrogen) atoms. The molecule has 3 heteroatoms. The molecule has 0 bridgehead atoms. The molecule has 0 saturated heterocycles. The van der Waals surface area contributed by atoms with Crippen molar-refractivity contribution in [2.75, 3.05) is 25.1 Å². The number of rotatable bonds is 6. The van der Waals surface area contributed by atoms with Crippen LogP contribution in [0.4, 0.5) is 0 Å². The Labute approximate surface area is 82.1 Å². The predicted molar refractivity (Wildman–Crippen MR) is 58.5 cm³/mol. The topological polar surface area (TPSA) is 12.0 Å². The molecule has 0 aromatic rings. The smallest absolute Gasteiger partial charge is 0.0265 e. The van der Waals surface area contributed by atoms with Crippen molar-refractivity contribution < 1.29 is 0 Å². The first-order valence-corrected chi connectivity index (χ1v) is 5.88. The molecule has 0 saturated carbocycles. The molecule has 66 valence electrons. The molecule has 0 aromatic heterocycles. The van der Waals surface area contributed by atoms with E-state index in [1.165, 1.54) is 5.75 Å². The number of hydrogen-bond acceptors (Lipinski definition) is 2. The van der Waals surface area contributed by atoms with Gasteiger partial charge in [-0.1, -0.05) is 29.4 Å². The van der Waals surface area contributed by atoms with Gasteiger partial charge < -0.3 is 5.32 Å². The zero-order valence-corrected chi connectivity index (χ0v) is 9.59. The van der Waals surface area contributed by atoms with Gasteiger partial charge >= 0.3 is 0 Å². The lowest BCUT2D eigenvalue weighted by Gasteiger charge is -2.09. The van der Waals surface area contributed by atoms with Crippen molar-refractivity contribution in [1.82, 2.24) is 5.32 Å². The van der Waals surface area contributed by atoms with Crippen LogP contribution in [0.3, 0.4) is 0 Å². The van der Waals surface area contributed by atoms with Crippen LogP contribution in [0.25, 0.3) is 0 Å². The second kappa shape index (κ2) is 7.19.